The maximum atomic E-state index is 12.1. The van der Waals surface area contributed by atoms with Crippen molar-refractivity contribution in [3.63, 3.8) is 0 Å². The molecule has 4 heteroatoms. The van der Waals surface area contributed by atoms with E-state index in [-0.39, 0.29) is 5.75 Å². The average Bonchev–Trinajstić information content (AvgIpc) is 2.37. The molecule has 0 bridgehead atoms. The molecule has 20 heavy (non-hydrogen) atoms. The lowest BCUT2D eigenvalue weighted by Gasteiger charge is -2.17. The van der Waals surface area contributed by atoms with Gasteiger partial charge in [0.1, 0.15) is 5.75 Å². The van der Waals surface area contributed by atoms with Gasteiger partial charge in [-0.05, 0) is 36.5 Å². The molecule has 1 aromatic carbocycles. The van der Waals surface area contributed by atoms with E-state index in [0.717, 1.165) is 24.8 Å². The summed E-state index contributed by atoms with van der Waals surface area (Å²) in [6.45, 7) is 4.30. The van der Waals surface area contributed by atoms with Crippen LogP contribution in [0.3, 0.4) is 0 Å². The van der Waals surface area contributed by atoms with E-state index in [4.69, 9.17) is 0 Å². The van der Waals surface area contributed by atoms with Gasteiger partial charge in [-0.3, -0.25) is 0 Å². The van der Waals surface area contributed by atoms with Crippen LogP contribution in [0.2, 0.25) is 0 Å². The predicted octanol–water partition coefficient (Wildman–Crippen LogP) is 6.05. The van der Waals surface area contributed by atoms with E-state index < -0.39 is 6.36 Å². The fraction of sp³-hybridized carbons (Fsp3) is 0.625. The molecule has 0 amide bonds. The summed E-state index contributed by atoms with van der Waals surface area (Å²) in [6.07, 6.45) is 2.18. The molecule has 114 valence electrons. The highest BCUT2D eigenvalue weighted by Crippen LogP contribution is 2.30. The van der Waals surface area contributed by atoms with Crippen molar-refractivity contribution in [2.45, 2.75) is 64.7 Å². The molecule has 1 rings (SSSR count). The number of unbranched alkanes of at least 4 members (excludes halogenated alkanes) is 2. The molecule has 0 N–H and O–H groups in total. The number of hydrogen-bond donors (Lipinski definition) is 0. The van der Waals surface area contributed by atoms with Gasteiger partial charge < -0.3 is 4.74 Å². The minimum absolute atomic E-state index is 0.148. The van der Waals surface area contributed by atoms with Crippen LogP contribution in [0.25, 0.3) is 0 Å². The monoisotopic (exact) mass is 288 g/mol. The number of ether oxygens (including phenoxy) is 1. The van der Waals surface area contributed by atoms with E-state index in [1.165, 1.54) is 31.4 Å². The summed E-state index contributed by atoms with van der Waals surface area (Å²) in [6, 6.07) is 6.33. The van der Waals surface area contributed by atoms with Crippen LogP contribution in [0.4, 0.5) is 13.2 Å². The van der Waals surface area contributed by atoms with E-state index in [9.17, 15) is 13.2 Å². The number of rotatable bonds is 8. The second kappa shape index (κ2) is 8.18. The van der Waals surface area contributed by atoms with Crippen LogP contribution in [-0.4, -0.2) is 6.36 Å². The Balaban J connectivity index is 2.67. The molecule has 0 radical (unpaired) electrons. The largest absolute Gasteiger partial charge is 0.573 e. The van der Waals surface area contributed by atoms with Gasteiger partial charge in [-0.2, -0.15) is 0 Å². The van der Waals surface area contributed by atoms with Crippen LogP contribution >= 0.6 is 0 Å². The molecule has 1 nitrogen and oxygen atoms in total. The first kappa shape index (κ1) is 16.9. The fourth-order valence-electron chi connectivity index (χ4n) is 2.41. The van der Waals surface area contributed by atoms with Gasteiger partial charge in [0.25, 0.3) is 0 Å². The highest BCUT2D eigenvalue weighted by molar-refractivity contribution is 5.29. The highest BCUT2D eigenvalue weighted by Gasteiger charge is 2.31. The first-order chi connectivity index (χ1) is 9.46. The normalized spacial score (nSPS) is 13.2. The lowest BCUT2D eigenvalue weighted by Crippen LogP contribution is -2.17. The molecule has 0 spiro atoms. The summed E-state index contributed by atoms with van der Waals surface area (Å²) in [7, 11) is 0. The van der Waals surface area contributed by atoms with E-state index in [0.29, 0.717) is 5.92 Å². The Kier molecular flexibility index (Phi) is 6.89. The molecule has 0 heterocycles. The Morgan fingerprint density at radius 2 is 1.60 bits per heavy atom. The van der Waals surface area contributed by atoms with Gasteiger partial charge in [0.15, 0.2) is 0 Å². The second-order valence-corrected chi connectivity index (χ2v) is 5.10. The third kappa shape index (κ3) is 6.31. The van der Waals surface area contributed by atoms with Gasteiger partial charge in [-0.1, -0.05) is 51.7 Å². The molecule has 0 aliphatic carbocycles. The third-order valence-corrected chi connectivity index (χ3v) is 3.38. The van der Waals surface area contributed by atoms with Crippen LogP contribution in [0.5, 0.6) is 5.75 Å². The van der Waals surface area contributed by atoms with Crippen LogP contribution in [0.1, 0.15) is 63.9 Å². The van der Waals surface area contributed by atoms with Crippen LogP contribution in [0, 0.1) is 0 Å². The molecule has 0 fully saturated rings. The minimum Gasteiger partial charge on any atom is -0.406 e. The quantitative estimate of drug-likeness (QED) is 0.529. The SMILES string of the molecule is CCCCCC(CCC)c1ccc(OC(F)(F)F)cc1. The van der Waals surface area contributed by atoms with Crippen molar-refractivity contribution in [1.29, 1.82) is 0 Å². The van der Waals surface area contributed by atoms with Crippen molar-refractivity contribution < 1.29 is 17.9 Å². The molecular formula is C16H23F3O. The first-order valence-electron chi connectivity index (χ1n) is 7.32. The average molecular weight is 288 g/mol. The standard InChI is InChI=1S/C16H23F3O/c1-3-5-6-8-13(7-4-2)14-9-11-15(12-10-14)20-16(17,18)19/h9-13H,3-8H2,1-2H3. The maximum Gasteiger partial charge on any atom is 0.573 e. The third-order valence-electron chi connectivity index (χ3n) is 3.38. The van der Waals surface area contributed by atoms with Crippen molar-refractivity contribution >= 4 is 0 Å². The van der Waals surface area contributed by atoms with Gasteiger partial charge in [-0.15, -0.1) is 13.2 Å². The van der Waals surface area contributed by atoms with Gasteiger partial charge in [-0.25, -0.2) is 0 Å². The molecular weight excluding hydrogens is 265 g/mol. The molecule has 0 aromatic heterocycles. The zero-order valence-corrected chi connectivity index (χ0v) is 12.2. The Morgan fingerprint density at radius 3 is 2.10 bits per heavy atom. The topological polar surface area (TPSA) is 9.23 Å². The second-order valence-electron chi connectivity index (χ2n) is 5.10. The smallest absolute Gasteiger partial charge is 0.406 e. The van der Waals surface area contributed by atoms with Gasteiger partial charge in [0.05, 0.1) is 0 Å². The van der Waals surface area contributed by atoms with E-state index in [1.807, 2.05) is 0 Å². The number of hydrogen-bond acceptors (Lipinski definition) is 1. The van der Waals surface area contributed by atoms with Crippen molar-refractivity contribution in [2.75, 3.05) is 0 Å². The summed E-state index contributed by atoms with van der Waals surface area (Å²) >= 11 is 0. The van der Waals surface area contributed by atoms with E-state index in [1.54, 1.807) is 12.1 Å². The van der Waals surface area contributed by atoms with Crippen LogP contribution in [0.15, 0.2) is 24.3 Å². The Hall–Kier alpha value is -1.19. The predicted molar refractivity (Wildman–Crippen MR) is 74.9 cm³/mol. The van der Waals surface area contributed by atoms with E-state index >= 15 is 0 Å². The summed E-state index contributed by atoms with van der Waals surface area (Å²) in [5.74, 6) is 0.288. The Labute approximate surface area is 119 Å². The Bertz CT molecular complexity index is 370. The lowest BCUT2D eigenvalue weighted by atomic mass is 9.89. The lowest BCUT2D eigenvalue weighted by molar-refractivity contribution is -0.274. The number of alkyl halides is 3. The van der Waals surface area contributed by atoms with Gasteiger partial charge >= 0.3 is 6.36 Å². The zero-order chi connectivity index (χ0) is 15.0. The number of halogens is 3. The van der Waals surface area contributed by atoms with E-state index in [2.05, 4.69) is 18.6 Å². The van der Waals surface area contributed by atoms with Crippen LogP contribution in [-0.2, 0) is 0 Å². The zero-order valence-electron chi connectivity index (χ0n) is 12.2. The molecule has 0 saturated carbocycles. The number of benzene rings is 1. The summed E-state index contributed by atoms with van der Waals surface area (Å²) in [5, 5.41) is 0. The first-order valence-corrected chi connectivity index (χ1v) is 7.32. The summed E-state index contributed by atoms with van der Waals surface area (Å²) < 4.78 is 40.2. The molecule has 0 aliphatic heterocycles. The minimum atomic E-state index is -4.62. The molecule has 0 saturated heterocycles. The van der Waals surface area contributed by atoms with Gasteiger partial charge in [0, 0.05) is 0 Å². The van der Waals surface area contributed by atoms with Crippen LogP contribution < -0.4 is 4.74 Å². The molecule has 0 aliphatic rings. The maximum absolute atomic E-state index is 12.1. The fourth-order valence-corrected chi connectivity index (χ4v) is 2.41. The van der Waals surface area contributed by atoms with Gasteiger partial charge in [0.2, 0.25) is 0 Å². The van der Waals surface area contributed by atoms with Crippen molar-refractivity contribution in [3.8, 4) is 5.75 Å². The molecule has 1 aromatic rings. The molecule has 1 unspecified atom stereocenters. The van der Waals surface area contributed by atoms with Crippen molar-refractivity contribution in [3.05, 3.63) is 29.8 Å². The summed E-state index contributed by atoms with van der Waals surface area (Å²) in [5.41, 5.74) is 1.11. The van der Waals surface area contributed by atoms with Crippen molar-refractivity contribution in [1.82, 2.24) is 0 Å². The molecule has 1 atom stereocenters. The summed E-state index contributed by atoms with van der Waals surface area (Å²) in [4.78, 5) is 0. The Morgan fingerprint density at radius 1 is 0.950 bits per heavy atom. The highest BCUT2D eigenvalue weighted by atomic mass is 19.4. The van der Waals surface area contributed by atoms with Crippen molar-refractivity contribution in [2.24, 2.45) is 0 Å².